The number of hydrogen-bond donors (Lipinski definition) is 1. The number of piperidine rings is 1. The number of anilines is 1. The van der Waals surface area contributed by atoms with Crippen molar-refractivity contribution in [2.24, 2.45) is 5.41 Å². The fourth-order valence-corrected chi connectivity index (χ4v) is 5.28. The molecule has 0 spiro atoms. The Balaban J connectivity index is 1.52. The predicted molar refractivity (Wildman–Crippen MR) is 117 cm³/mol. The molecule has 2 aromatic carbocycles. The fraction of sp³-hybridized carbons (Fsp3) is 0.292. The van der Waals surface area contributed by atoms with Gasteiger partial charge >= 0.3 is 0 Å². The van der Waals surface area contributed by atoms with Gasteiger partial charge in [0.2, 0.25) is 0 Å². The number of hydrogen-bond acceptors (Lipinski definition) is 4. The van der Waals surface area contributed by atoms with Crippen molar-refractivity contribution >= 4 is 23.9 Å². The van der Waals surface area contributed by atoms with Crippen LogP contribution in [0.1, 0.15) is 25.3 Å². The Bertz CT molecular complexity index is 983. The maximum atomic E-state index is 13.2. The number of rotatable bonds is 5. The number of fused-ring (bicyclic) bond motifs is 1. The molecule has 2 aromatic rings. The number of carbonyl (C=O) groups excluding carboxylic acids is 1. The van der Waals surface area contributed by atoms with Crippen molar-refractivity contribution in [3.05, 3.63) is 82.8 Å². The number of allylic oxidation sites excluding steroid dienone is 2. The van der Waals surface area contributed by atoms with E-state index in [9.17, 15) is 9.18 Å². The first-order valence-corrected chi connectivity index (χ1v) is 10.6. The van der Waals surface area contributed by atoms with Gasteiger partial charge in [-0.3, -0.25) is 0 Å². The Hall–Kier alpha value is -2.37. The van der Waals surface area contributed by atoms with Crippen LogP contribution in [-0.2, 0) is 4.79 Å². The highest BCUT2D eigenvalue weighted by Gasteiger charge is 2.42. The Morgan fingerprint density at radius 1 is 1.17 bits per heavy atom. The van der Waals surface area contributed by atoms with Crippen molar-refractivity contribution in [3.63, 3.8) is 0 Å². The molecule has 0 aromatic heterocycles. The first-order chi connectivity index (χ1) is 14.0. The molecular weight excluding hydrogens is 383 g/mol. The second-order valence-corrected chi connectivity index (χ2v) is 9.14. The van der Waals surface area contributed by atoms with Gasteiger partial charge in [0.05, 0.1) is 5.41 Å². The Kier molecular flexibility index (Phi) is 5.61. The van der Waals surface area contributed by atoms with E-state index in [0.717, 1.165) is 36.2 Å². The Labute approximate surface area is 175 Å². The van der Waals surface area contributed by atoms with E-state index in [0.29, 0.717) is 13.0 Å². The quantitative estimate of drug-likeness (QED) is 0.504. The van der Waals surface area contributed by atoms with Gasteiger partial charge in [-0.1, -0.05) is 17.7 Å². The van der Waals surface area contributed by atoms with Crippen LogP contribution in [0.4, 0.5) is 10.1 Å². The number of aryl methyl sites for hydroxylation is 1. The van der Waals surface area contributed by atoms with Gasteiger partial charge in [0.1, 0.15) is 12.1 Å². The summed E-state index contributed by atoms with van der Waals surface area (Å²) in [6, 6.07) is 14.8. The normalized spacial score (nSPS) is 22.1. The van der Waals surface area contributed by atoms with Gasteiger partial charge in [-0.2, -0.15) is 0 Å². The zero-order chi connectivity index (χ0) is 20.4. The first-order valence-electron chi connectivity index (χ1n) is 9.87. The average Bonchev–Trinajstić information content (AvgIpc) is 2.70. The molecule has 1 aliphatic carbocycles. The van der Waals surface area contributed by atoms with Crippen molar-refractivity contribution in [2.45, 2.75) is 31.6 Å². The van der Waals surface area contributed by atoms with Gasteiger partial charge in [0, 0.05) is 29.4 Å². The van der Waals surface area contributed by atoms with Gasteiger partial charge in [0.15, 0.2) is 0 Å². The molecule has 2 aliphatic rings. The zero-order valence-electron chi connectivity index (χ0n) is 16.7. The lowest BCUT2D eigenvalue weighted by atomic mass is 9.70. The maximum absolute atomic E-state index is 13.2. The van der Waals surface area contributed by atoms with Crippen LogP contribution < -0.4 is 5.32 Å². The molecule has 1 unspecified atom stereocenters. The van der Waals surface area contributed by atoms with Gasteiger partial charge in [-0.15, -0.1) is 0 Å². The summed E-state index contributed by atoms with van der Waals surface area (Å²) in [7, 11) is 0. The van der Waals surface area contributed by atoms with Gasteiger partial charge in [0.25, 0.3) is 0 Å². The summed E-state index contributed by atoms with van der Waals surface area (Å²) in [6.07, 6.45) is 4.83. The van der Waals surface area contributed by atoms with E-state index >= 15 is 0 Å². The van der Waals surface area contributed by atoms with Gasteiger partial charge in [-0.25, -0.2) is 8.70 Å². The standard InChI is InChI=1S/C24H25FN2OS/c1-17-4-3-5-22(12-17)29-27-11-10-19-13-23(18(2)14-24(19,15-27)16-28)26-21-8-6-20(25)7-9-21/h3-9,12-13,16,26H,10-11,14-15H2,1-2H3. The van der Waals surface area contributed by atoms with Crippen molar-refractivity contribution in [1.82, 2.24) is 4.31 Å². The van der Waals surface area contributed by atoms with Crippen molar-refractivity contribution < 1.29 is 9.18 Å². The monoisotopic (exact) mass is 408 g/mol. The lowest BCUT2D eigenvalue weighted by Crippen LogP contribution is -2.44. The van der Waals surface area contributed by atoms with Crippen LogP contribution in [0.5, 0.6) is 0 Å². The predicted octanol–water partition coefficient (Wildman–Crippen LogP) is 5.75. The molecule has 29 heavy (non-hydrogen) atoms. The molecule has 1 saturated heterocycles. The minimum absolute atomic E-state index is 0.248. The van der Waals surface area contributed by atoms with Gasteiger partial charge in [-0.05, 0) is 92.2 Å². The maximum Gasteiger partial charge on any atom is 0.131 e. The number of nitrogens with zero attached hydrogens (tertiary/aromatic N) is 1. The molecule has 5 heteroatoms. The molecule has 150 valence electrons. The van der Waals surface area contributed by atoms with E-state index in [1.807, 2.05) is 0 Å². The summed E-state index contributed by atoms with van der Waals surface area (Å²) in [5.41, 5.74) is 4.97. The molecule has 1 N–H and O–H groups in total. The first kappa shape index (κ1) is 19.9. The van der Waals surface area contributed by atoms with Gasteiger partial charge < -0.3 is 10.1 Å². The number of carbonyl (C=O) groups is 1. The second kappa shape index (κ2) is 8.17. The SMILES string of the molecule is CC1=C(Nc2ccc(F)cc2)C=C2CCN(Sc3cccc(C)c3)CC2(C=O)C1. The molecule has 0 amide bonds. The highest BCUT2D eigenvalue weighted by atomic mass is 32.2. The van der Waals surface area contributed by atoms with Crippen LogP contribution >= 0.6 is 11.9 Å². The van der Waals surface area contributed by atoms with E-state index in [2.05, 4.69) is 53.8 Å². The highest BCUT2D eigenvalue weighted by molar-refractivity contribution is 7.97. The molecule has 1 atom stereocenters. The topological polar surface area (TPSA) is 32.3 Å². The van der Waals surface area contributed by atoms with Crippen LogP contribution in [-0.4, -0.2) is 23.7 Å². The highest BCUT2D eigenvalue weighted by Crippen LogP contribution is 2.45. The van der Waals surface area contributed by atoms with Crippen LogP contribution in [0.25, 0.3) is 0 Å². The van der Waals surface area contributed by atoms with Crippen LogP contribution in [0, 0.1) is 18.2 Å². The average molecular weight is 409 g/mol. The van der Waals surface area contributed by atoms with E-state index in [-0.39, 0.29) is 5.82 Å². The zero-order valence-corrected chi connectivity index (χ0v) is 17.6. The Morgan fingerprint density at radius 3 is 2.69 bits per heavy atom. The van der Waals surface area contributed by atoms with Crippen LogP contribution in [0.15, 0.2) is 76.3 Å². The second-order valence-electron chi connectivity index (χ2n) is 7.97. The molecule has 1 fully saturated rings. The Morgan fingerprint density at radius 2 is 1.97 bits per heavy atom. The number of nitrogens with one attached hydrogen (secondary N) is 1. The molecule has 0 bridgehead atoms. The summed E-state index contributed by atoms with van der Waals surface area (Å²) in [4.78, 5) is 13.5. The molecular formula is C24H25FN2OS. The lowest BCUT2D eigenvalue weighted by molar-refractivity contribution is -0.115. The summed E-state index contributed by atoms with van der Waals surface area (Å²) < 4.78 is 15.5. The smallest absolute Gasteiger partial charge is 0.131 e. The third-order valence-corrected chi connectivity index (χ3v) is 6.70. The van der Waals surface area contributed by atoms with Crippen LogP contribution in [0.2, 0.25) is 0 Å². The third kappa shape index (κ3) is 4.31. The molecule has 4 rings (SSSR count). The van der Waals surface area contributed by atoms with Crippen molar-refractivity contribution in [1.29, 1.82) is 0 Å². The van der Waals surface area contributed by atoms with E-state index < -0.39 is 5.41 Å². The molecule has 3 nitrogen and oxygen atoms in total. The number of aldehydes is 1. The molecule has 0 radical (unpaired) electrons. The van der Waals surface area contributed by atoms with Crippen LogP contribution in [0.3, 0.4) is 0 Å². The number of benzene rings is 2. The third-order valence-electron chi connectivity index (χ3n) is 5.66. The van der Waals surface area contributed by atoms with Crippen molar-refractivity contribution in [3.8, 4) is 0 Å². The molecule has 0 saturated carbocycles. The fourth-order valence-electron chi connectivity index (χ4n) is 4.13. The summed E-state index contributed by atoms with van der Waals surface area (Å²) in [5, 5.41) is 3.39. The number of halogens is 1. The van der Waals surface area contributed by atoms with E-state index in [1.165, 1.54) is 28.2 Å². The minimum atomic E-state index is -0.465. The largest absolute Gasteiger partial charge is 0.356 e. The molecule has 1 heterocycles. The van der Waals surface area contributed by atoms with E-state index in [4.69, 9.17) is 0 Å². The summed E-state index contributed by atoms with van der Waals surface area (Å²) in [5.74, 6) is -0.248. The summed E-state index contributed by atoms with van der Waals surface area (Å²) >= 11 is 1.73. The van der Waals surface area contributed by atoms with E-state index in [1.54, 1.807) is 24.1 Å². The summed E-state index contributed by atoms with van der Waals surface area (Å²) in [6.45, 7) is 5.78. The lowest BCUT2D eigenvalue weighted by Gasteiger charge is -2.43. The molecule has 1 aliphatic heterocycles. The minimum Gasteiger partial charge on any atom is -0.356 e. The van der Waals surface area contributed by atoms with Crippen molar-refractivity contribution in [2.75, 3.05) is 18.4 Å².